The second-order valence-electron chi connectivity index (χ2n) is 3.49. The van der Waals surface area contributed by atoms with E-state index in [1.165, 1.54) is 0 Å². The summed E-state index contributed by atoms with van der Waals surface area (Å²) >= 11 is 6.12. The Kier molecular flexibility index (Phi) is 4.39. The van der Waals surface area contributed by atoms with Crippen molar-refractivity contribution in [1.82, 2.24) is 0 Å². The Hall–Kier alpha value is -0.770. The van der Waals surface area contributed by atoms with Crippen LogP contribution in [0.3, 0.4) is 0 Å². The van der Waals surface area contributed by atoms with Crippen molar-refractivity contribution in [2.45, 2.75) is 19.4 Å². The lowest BCUT2D eigenvalue weighted by Gasteiger charge is -2.15. The minimum absolute atomic E-state index is 0.0494. The van der Waals surface area contributed by atoms with E-state index in [1.807, 2.05) is 19.1 Å². The Balaban J connectivity index is 3.11. The first kappa shape index (κ1) is 12.3. The van der Waals surface area contributed by atoms with Crippen LogP contribution in [0.15, 0.2) is 12.1 Å². The van der Waals surface area contributed by atoms with E-state index in [2.05, 4.69) is 0 Å². The van der Waals surface area contributed by atoms with Crippen LogP contribution in [0.5, 0.6) is 5.75 Å². The van der Waals surface area contributed by atoms with Crippen LogP contribution < -0.4 is 10.5 Å². The van der Waals surface area contributed by atoms with Crippen molar-refractivity contribution < 1.29 is 9.84 Å². The first-order valence-electron chi connectivity index (χ1n) is 4.80. The fraction of sp³-hybridized carbons (Fsp3) is 0.455. The summed E-state index contributed by atoms with van der Waals surface area (Å²) < 4.78 is 5.14. The average Bonchev–Trinajstić information content (AvgIpc) is 2.21. The molecule has 1 unspecified atom stereocenters. The van der Waals surface area contributed by atoms with E-state index in [9.17, 15) is 0 Å². The number of rotatable bonds is 4. The lowest BCUT2D eigenvalue weighted by atomic mass is 10.0. The Bertz CT molecular complexity index is 342. The minimum atomic E-state index is -0.253. The maximum Gasteiger partial charge on any atom is 0.138 e. The molecule has 0 radical (unpaired) electrons. The van der Waals surface area contributed by atoms with Crippen LogP contribution in [-0.2, 0) is 0 Å². The van der Waals surface area contributed by atoms with E-state index in [4.69, 9.17) is 27.2 Å². The van der Waals surface area contributed by atoms with Gasteiger partial charge < -0.3 is 15.6 Å². The largest absolute Gasteiger partial charge is 0.495 e. The number of hydrogen-bond donors (Lipinski definition) is 2. The van der Waals surface area contributed by atoms with Crippen molar-refractivity contribution in [3.63, 3.8) is 0 Å². The molecule has 84 valence electrons. The molecule has 3 N–H and O–H groups in total. The van der Waals surface area contributed by atoms with Crippen LogP contribution >= 0.6 is 11.6 Å². The van der Waals surface area contributed by atoms with Gasteiger partial charge in [0.05, 0.1) is 12.1 Å². The fourth-order valence-electron chi connectivity index (χ4n) is 1.48. The van der Waals surface area contributed by atoms with E-state index < -0.39 is 0 Å². The van der Waals surface area contributed by atoms with Gasteiger partial charge in [-0.1, -0.05) is 17.7 Å². The summed E-state index contributed by atoms with van der Waals surface area (Å²) in [6, 6.07) is 3.53. The summed E-state index contributed by atoms with van der Waals surface area (Å²) in [4.78, 5) is 0. The number of methoxy groups -OCH3 is 1. The third-order valence-corrected chi connectivity index (χ3v) is 2.68. The van der Waals surface area contributed by atoms with Crippen molar-refractivity contribution in [2.75, 3.05) is 13.7 Å². The minimum Gasteiger partial charge on any atom is -0.495 e. The maximum atomic E-state index is 8.83. The molecule has 1 atom stereocenters. The monoisotopic (exact) mass is 229 g/mol. The highest BCUT2D eigenvalue weighted by molar-refractivity contribution is 6.32. The number of hydrogen-bond acceptors (Lipinski definition) is 3. The molecule has 0 aliphatic rings. The number of aliphatic hydroxyl groups is 1. The number of ether oxygens (including phenoxy) is 1. The molecule has 0 spiro atoms. The predicted octanol–water partition coefficient (Wildman–Crippen LogP) is 2.04. The smallest absolute Gasteiger partial charge is 0.138 e. The molecule has 1 rings (SSSR count). The summed E-state index contributed by atoms with van der Waals surface area (Å²) in [5, 5.41) is 9.36. The Morgan fingerprint density at radius 3 is 2.73 bits per heavy atom. The lowest BCUT2D eigenvalue weighted by molar-refractivity contribution is 0.276. The SMILES string of the molecule is COc1cc(C)cc(C(N)CCO)c1Cl. The van der Waals surface area contributed by atoms with Crippen LogP contribution in [0.4, 0.5) is 0 Å². The van der Waals surface area contributed by atoms with E-state index in [-0.39, 0.29) is 12.6 Å². The number of aliphatic hydroxyl groups excluding tert-OH is 1. The molecule has 0 saturated heterocycles. The second-order valence-corrected chi connectivity index (χ2v) is 3.87. The maximum absolute atomic E-state index is 8.83. The molecule has 3 nitrogen and oxygen atoms in total. The molecular weight excluding hydrogens is 214 g/mol. The summed E-state index contributed by atoms with van der Waals surface area (Å²) in [7, 11) is 1.57. The highest BCUT2D eigenvalue weighted by atomic mass is 35.5. The first-order valence-corrected chi connectivity index (χ1v) is 5.18. The van der Waals surface area contributed by atoms with Crippen molar-refractivity contribution in [2.24, 2.45) is 5.73 Å². The van der Waals surface area contributed by atoms with Crippen LogP contribution in [-0.4, -0.2) is 18.8 Å². The van der Waals surface area contributed by atoms with E-state index in [0.717, 1.165) is 11.1 Å². The van der Waals surface area contributed by atoms with Gasteiger partial charge in [-0.3, -0.25) is 0 Å². The molecule has 1 aromatic rings. The van der Waals surface area contributed by atoms with Gasteiger partial charge >= 0.3 is 0 Å². The normalized spacial score (nSPS) is 12.6. The average molecular weight is 230 g/mol. The third-order valence-electron chi connectivity index (χ3n) is 2.27. The summed E-state index contributed by atoms with van der Waals surface area (Å²) in [5.74, 6) is 0.625. The molecule has 0 fully saturated rings. The molecular formula is C11H16ClNO2. The number of aryl methyl sites for hydroxylation is 1. The van der Waals surface area contributed by atoms with Gasteiger partial charge in [-0.25, -0.2) is 0 Å². The zero-order chi connectivity index (χ0) is 11.4. The summed E-state index contributed by atoms with van der Waals surface area (Å²) in [6.07, 6.45) is 0.492. The quantitative estimate of drug-likeness (QED) is 0.831. The molecule has 0 aliphatic heterocycles. The third kappa shape index (κ3) is 2.84. The van der Waals surface area contributed by atoms with Gasteiger partial charge in [0, 0.05) is 12.6 Å². The van der Waals surface area contributed by atoms with Gasteiger partial charge in [0.25, 0.3) is 0 Å². The number of halogens is 1. The van der Waals surface area contributed by atoms with Crippen molar-refractivity contribution in [1.29, 1.82) is 0 Å². The predicted molar refractivity (Wildman–Crippen MR) is 61.4 cm³/mol. The molecule has 0 saturated carbocycles. The first-order chi connectivity index (χ1) is 7.10. The Morgan fingerprint density at radius 1 is 1.53 bits per heavy atom. The van der Waals surface area contributed by atoms with Gasteiger partial charge in [-0.15, -0.1) is 0 Å². The van der Waals surface area contributed by atoms with Crippen LogP contribution in [0, 0.1) is 6.92 Å². The zero-order valence-electron chi connectivity index (χ0n) is 8.96. The highest BCUT2D eigenvalue weighted by Gasteiger charge is 2.14. The Morgan fingerprint density at radius 2 is 2.20 bits per heavy atom. The number of benzene rings is 1. The summed E-state index contributed by atoms with van der Waals surface area (Å²) in [6.45, 7) is 2.00. The zero-order valence-corrected chi connectivity index (χ0v) is 9.71. The lowest BCUT2D eigenvalue weighted by Crippen LogP contribution is -2.13. The molecule has 4 heteroatoms. The molecule has 0 aromatic heterocycles. The van der Waals surface area contributed by atoms with Crippen LogP contribution in [0.2, 0.25) is 5.02 Å². The molecule has 0 bridgehead atoms. The van der Waals surface area contributed by atoms with E-state index in [0.29, 0.717) is 17.2 Å². The van der Waals surface area contributed by atoms with Gasteiger partial charge in [-0.2, -0.15) is 0 Å². The number of nitrogens with two attached hydrogens (primary N) is 1. The molecule has 1 aromatic carbocycles. The standard InChI is InChI=1S/C11H16ClNO2/c1-7-5-8(9(13)3-4-14)11(12)10(6-7)15-2/h5-6,9,14H,3-4,13H2,1-2H3. The van der Waals surface area contributed by atoms with Crippen molar-refractivity contribution in [3.8, 4) is 5.75 Å². The molecule has 0 amide bonds. The van der Waals surface area contributed by atoms with Gasteiger partial charge in [0.1, 0.15) is 5.75 Å². The molecule has 0 aliphatic carbocycles. The van der Waals surface area contributed by atoms with E-state index >= 15 is 0 Å². The van der Waals surface area contributed by atoms with E-state index in [1.54, 1.807) is 7.11 Å². The second kappa shape index (κ2) is 5.35. The summed E-state index contributed by atoms with van der Waals surface area (Å²) in [5.41, 5.74) is 7.76. The van der Waals surface area contributed by atoms with Crippen LogP contribution in [0.25, 0.3) is 0 Å². The highest BCUT2D eigenvalue weighted by Crippen LogP contribution is 2.33. The van der Waals surface area contributed by atoms with Gasteiger partial charge in [0.2, 0.25) is 0 Å². The van der Waals surface area contributed by atoms with Gasteiger partial charge in [-0.05, 0) is 30.5 Å². The van der Waals surface area contributed by atoms with Crippen molar-refractivity contribution >= 4 is 11.6 Å². The van der Waals surface area contributed by atoms with Crippen LogP contribution in [0.1, 0.15) is 23.6 Å². The molecule has 0 heterocycles. The Labute approximate surface area is 94.8 Å². The van der Waals surface area contributed by atoms with Crippen molar-refractivity contribution in [3.05, 3.63) is 28.3 Å². The van der Waals surface area contributed by atoms with Gasteiger partial charge in [0.15, 0.2) is 0 Å². The topological polar surface area (TPSA) is 55.5 Å². The molecule has 15 heavy (non-hydrogen) atoms. The fourth-order valence-corrected chi connectivity index (χ4v) is 1.80.